The molecule has 3 N–H and O–H groups in total. The SMILES string of the molecule is CC(C)[C@H](CNO)NS(=O)(=O)N1CCN(c2ccc(Cl)cc2)CC1. The van der Waals surface area contributed by atoms with Gasteiger partial charge in [-0.25, -0.2) is 5.48 Å². The minimum absolute atomic E-state index is 0.0646. The first kappa shape index (κ1) is 19.4. The highest BCUT2D eigenvalue weighted by molar-refractivity contribution is 7.87. The van der Waals surface area contributed by atoms with Gasteiger partial charge in [-0.2, -0.15) is 17.4 Å². The smallest absolute Gasteiger partial charge is 0.279 e. The lowest BCUT2D eigenvalue weighted by molar-refractivity contribution is 0.150. The molecule has 1 aliphatic heterocycles. The molecule has 1 heterocycles. The zero-order valence-corrected chi connectivity index (χ0v) is 15.5. The van der Waals surface area contributed by atoms with Crippen molar-refractivity contribution in [2.24, 2.45) is 5.92 Å². The highest BCUT2D eigenvalue weighted by Crippen LogP contribution is 2.20. The second kappa shape index (κ2) is 8.46. The minimum atomic E-state index is -3.58. The molecule has 0 bridgehead atoms. The average Bonchev–Trinajstić information content (AvgIpc) is 2.55. The van der Waals surface area contributed by atoms with Crippen molar-refractivity contribution in [3.8, 4) is 0 Å². The van der Waals surface area contributed by atoms with E-state index < -0.39 is 10.2 Å². The Labute approximate surface area is 148 Å². The maximum Gasteiger partial charge on any atom is 0.279 e. The van der Waals surface area contributed by atoms with Crippen molar-refractivity contribution in [2.75, 3.05) is 37.6 Å². The normalized spacial score (nSPS) is 18.1. The lowest BCUT2D eigenvalue weighted by Gasteiger charge is -2.36. The highest BCUT2D eigenvalue weighted by Gasteiger charge is 2.29. The minimum Gasteiger partial charge on any atom is -0.369 e. The summed E-state index contributed by atoms with van der Waals surface area (Å²) in [4.78, 5) is 2.14. The van der Waals surface area contributed by atoms with Gasteiger partial charge in [-0.1, -0.05) is 25.4 Å². The molecule has 9 heteroatoms. The summed E-state index contributed by atoms with van der Waals surface area (Å²) in [6.07, 6.45) is 0. The standard InChI is InChI=1S/C15H25ClN4O3S/c1-12(2)15(11-17-21)18-24(22,23)20-9-7-19(8-10-20)14-5-3-13(16)4-6-14/h3-6,12,15,17-18,21H,7-11H2,1-2H3/t15-/m0/s1. The lowest BCUT2D eigenvalue weighted by Crippen LogP contribution is -2.55. The van der Waals surface area contributed by atoms with Crippen LogP contribution >= 0.6 is 11.6 Å². The van der Waals surface area contributed by atoms with Crippen LogP contribution in [0.4, 0.5) is 5.69 Å². The Morgan fingerprint density at radius 1 is 1.17 bits per heavy atom. The summed E-state index contributed by atoms with van der Waals surface area (Å²) in [6.45, 7) is 6.04. The Balaban J connectivity index is 1.96. The van der Waals surface area contributed by atoms with Crippen LogP contribution in [0.25, 0.3) is 0 Å². The third-order valence-corrected chi connectivity index (χ3v) is 6.08. The second-order valence-electron chi connectivity index (χ2n) is 6.20. The summed E-state index contributed by atoms with van der Waals surface area (Å²) in [6, 6.07) is 7.17. The average molecular weight is 377 g/mol. The largest absolute Gasteiger partial charge is 0.369 e. The summed E-state index contributed by atoms with van der Waals surface area (Å²) in [7, 11) is -3.58. The summed E-state index contributed by atoms with van der Waals surface area (Å²) < 4.78 is 29.2. The fourth-order valence-electron chi connectivity index (χ4n) is 2.62. The van der Waals surface area contributed by atoms with Gasteiger partial charge in [-0.3, -0.25) is 0 Å². The van der Waals surface area contributed by atoms with Crippen LogP contribution in [0, 0.1) is 5.92 Å². The molecular weight excluding hydrogens is 352 g/mol. The van der Waals surface area contributed by atoms with E-state index in [0.29, 0.717) is 31.2 Å². The molecule has 7 nitrogen and oxygen atoms in total. The summed E-state index contributed by atoms with van der Waals surface area (Å²) in [5, 5.41) is 9.54. The topological polar surface area (TPSA) is 84.9 Å². The number of nitrogens with zero attached hydrogens (tertiary/aromatic N) is 2. The third-order valence-electron chi connectivity index (χ3n) is 4.19. The first-order valence-electron chi connectivity index (χ1n) is 7.98. The molecule has 1 aromatic rings. The van der Waals surface area contributed by atoms with Crippen molar-refractivity contribution < 1.29 is 13.6 Å². The molecule has 0 aromatic heterocycles. The van der Waals surface area contributed by atoms with Gasteiger partial charge in [0.1, 0.15) is 0 Å². The summed E-state index contributed by atoms with van der Waals surface area (Å²) >= 11 is 5.90. The van der Waals surface area contributed by atoms with Crippen LogP contribution in [0.1, 0.15) is 13.8 Å². The molecule has 0 aliphatic carbocycles. The van der Waals surface area contributed by atoms with Crippen LogP contribution < -0.4 is 15.1 Å². The molecule has 1 saturated heterocycles. The number of anilines is 1. The number of piperazine rings is 1. The Hall–Kier alpha value is -0.900. The van der Waals surface area contributed by atoms with Crippen molar-refractivity contribution in [2.45, 2.75) is 19.9 Å². The molecule has 136 valence electrons. The Kier molecular flexibility index (Phi) is 6.85. The highest BCUT2D eigenvalue weighted by atomic mass is 35.5. The van der Waals surface area contributed by atoms with Gasteiger partial charge in [0, 0.05) is 49.5 Å². The van der Waals surface area contributed by atoms with Gasteiger partial charge in [-0.15, -0.1) is 0 Å². The molecule has 1 atom stereocenters. The summed E-state index contributed by atoms with van der Waals surface area (Å²) in [5.74, 6) is 0.0646. The fourth-order valence-corrected chi connectivity index (χ4v) is 4.27. The fraction of sp³-hybridized carbons (Fsp3) is 0.600. The van der Waals surface area contributed by atoms with E-state index in [4.69, 9.17) is 16.8 Å². The molecule has 0 saturated carbocycles. The molecule has 0 radical (unpaired) electrons. The van der Waals surface area contributed by atoms with Crippen LogP contribution in [0.2, 0.25) is 5.02 Å². The van der Waals surface area contributed by atoms with E-state index in [1.807, 2.05) is 43.6 Å². The lowest BCUT2D eigenvalue weighted by atomic mass is 10.1. The van der Waals surface area contributed by atoms with Gasteiger partial charge in [0.15, 0.2) is 0 Å². The zero-order valence-electron chi connectivity index (χ0n) is 13.9. The van der Waals surface area contributed by atoms with Crippen molar-refractivity contribution in [3.63, 3.8) is 0 Å². The number of hydroxylamine groups is 1. The molecule has 0 amide bonds. The molecule has 1 fully saturated rings. The monoisotopic (exact) mass is 376 g/mol. The molecule has 24 heavy (non-hydrogen) atoms. The van der Waals surface area contributed by atoms with Gasteiger partial charge in [0.2, 0.25) is 0 Å². The summed E-state index contributed by atoms with van der Waals surface area (Å²) in [5.41, 5.74) is 3.08. The van der Waals surface area contributed by atoms with Crippen molar-refractivity contribution in [1.29, 1.82) is 0 Å². The number of benzene rings is 1. The van der Waals surface area contributed by atoms with Gasteiger partial charge in [0.05, 0.1) is 0 Å². The van der Waals surface area contributed by atoms with E-state index in [-0.39, 0.29) is 18.5 Å². The number of nitrogens with one attached hydrogen (secondary N) is 2. The van der Waals surface area contributed by atoms with Crippen LogP contribution in [0.15, 0.2) is 24.3 Å². The predicted molar refractivity (Wildman–Crippen MR) is 95.7 cm³/mol. The van der Waals surface area contributed by atoms with Crippen molar-refractivity contribution in [1.82, 2.24) is 14.5 Å². The number of rotatable bonds is 7. The molecule has 2 rings (SSSR count). The molecule has 0 spiro atoms. The second-order valence-corrected chi connectivity index (χ2v) is 8.34. The molecule has 0 unspecified atom stereocenters. The first-order chi connectivity index (χ1) is 11.3. The quantitative estimate of drug-likeness (QED) is 0.624. The zero-order chi connectivity index (χ0) is 17.7. The molecular formula is C15H25ClN4O3S. The van der Waals surface area contributed by atoms with E-state index >= 15 is 0 Å². The Morgan fingerprint density at radius 2 is 1.75 bits per heavy atom. The van der Waals surface area contributed by atoms with E-state index in [1.54, 1.807) is 0 Å². The van der Waals surface area contributed by atoms with Gasteiger partial charge < -0.3 is 10.1 Å². The number of hydrogen-bond donors (Lipinski definition) is 3. The van der Waals surface area contributed by atoms with Crippen LogP contribution in [0.3, 0.4) is 0 Å². The van der Waals surface area contributed by atoms with Crippen LogP contribution in [-0.4, -0.2) is 56.7 Å². The Bertz CT molecular complexity index is 616. The van der Waals surface area contributed by atoms with Crippen molar-refractivity contribution >= 4 is 27.5 Å². The van der Waals surface area contributed by atoms with E-state index in [0.717, 1.165) is 5.69 Å². The van der Waals surface area contributed by atoms with E-state index in [2.05, 4.69) is 9.62 Å². The predicted octanol–water partition coefficient (Wildman–Crippen LogP) is 1.30. The number of hydrogen-bond acceptors (Lipinski definition) is 5. The Morgan fingerprint density at radius 3 is 2.25 bits per heavy atom. The van der Waals surface area contributed by atoms with E-state index in [1.165, 1.54) is 4.31 Å². The van der Waals surface area contributed by atoms with Crippen LogP contribution in [-0.2, 0) is 10.2 Å². The van der Waals surface area contributed by atoms with Gasteiger partial charge in [0.25, 0.3) is 10.2 Å². The van der Waals surface area contributed by atoms with Gasteiger partial charge >= 0.3 is 0 Å². The van der Waals surface area contributed by atoms with Crippen LogP contribution in [0.5, 0.6) is 0 Å². The maximum atomic E-state index is 12.5. The third kappa shape index (κ3) is 5.05. The number of halogens is 1. The van der Waals surface area contributed by atoms with Crippen molar-refractivity contribution in [3.05, 3.63) is 29.3 Å². The maximum absolute atomic E-state index is 12.5. The first-order valence-corrected chi connectivity index (χ1v) is 9.80. The molecule has 1 aliphatic rings. The van der Waals surface area contributed by atoms with Gasteiger partial charge in [-0.05, 0) is 30.2 Å². The molecule has 1 aromatic carbocycles. The van der Waals surface area contributed by atoms with E-state index in [9.17, 15) is 8.42 Å².